The summed E-state index contributed by atoms with van der Waals surface area (Å²) in [6, 6.07) is 0. The maximum absolute atomic E-state index is 12.4. The molecule has 0 saturated heterocycles. The van der Waals surface area contributed by atoms with Gasteiger partial charge in [-0.15, -0.1) is 0 Å². The van der Waals surface area contributed by atoms with Crippen molar-refractivity contribution in [1.82, 2.24) is 0 Å². The van der Waals surface area contributed by atoms with E-state index < -0.39 is 52.3 Å². The lowest BCUT2D eigenvalue weighted by molar-refractivity contribution is -0.193. The van der Waals surface area contributed by atoms with Crippen molar-refractivity contribution in [3.05, 3.63) is 0 Å². The monoisotopic (exact) mass is 416 g/mol. The zero-order valence-electron chi connectivity index (χ0n) is 18.8. The van der Waals surface area contributed by atoms with E-state index in [2.05, 4.69) is 0 Å². The van der Waals surface area contributed by atoms with Crippen LogP contribution in [0.25, 0.3) is 0 Å². The third-order valence-corrected chi connectivity index (χ3v) is 4.87. The summed E-state index contributed by atoms with van der Waals surface area (Å²) in [5.41, 5.74) is -3.39. The highest BCUT2D eigenvalue weighted by Crippen LogP contribution is 2.39. The molecule has 0 aliphatic rings. The fraction of sp³-hybridized carbons (Fsp3) is 0.810. The molecule has 2 N–H and O–H groups in total. The van der Waals surface area contributed by atoms with Crippen molar-refractivity contribution >= 4 is 23.9 Å². The van der Waals surface area contributed by atoms with Gasteiger partial charge in [0, 0.05) is 6.42 Å². The molecule has 0 rings (SSSR count). The summed E-state index contributed by atoms with van der Waals surface area (Å²) in [5.74, 6) is -3.40. The summed E-state index contributed by atoms with van der Waals surface area (Å²) in [6.45, 7) is 12.9. The summed E-state index contributed by atoms with van der Waals surface area (Å²) < 4.78 is 11.0. The number of carboxylic acids is 2. The summed E-state index contributed by atoms with van der Waals surface area (Å²) >= 11 is 0. The second-order valence-corrected chi connectivity index (χ2v) is 9.54. The highest BCUT2D eigenvalue weighted by Gasteiger charge is 2.53. The normalized spacial score (nSPS) is 16.3. The van der Waals surface area contributed by atoms with Gasteiger partial charge < -0.3 is 19.7 Å². The molecule has 0 aromatic heterocycles. The Balaban J connectivity index is 5.87. The van der Waals surface area contributed by atoms with Gasteiger partial charge in [-0.3, -0.25) is 19.2 Å². The van der Waals surface area contributed by atoms with Crippen LogP contribution in [-0.2, 0) is 28.7 Å². The lowest BCUT2D eigenvalue weighted by Crippen LogP contribution is -2.53. The van der Waals surface area contributed by atoms with Gasteiger partial charge in [-0.25, -0.2) is 0 Å². The third-order valence-electron chi connectivity index (χ3n) is 4.87. The lowest BCUT2D eigenvalue weighted by Gasteiger charge is -2.40. The maximum atomic E-state index is 12.4. The van der Waals surface area contributed by atoms with Gasteiger partial charge in [0.25, 0.3) is 0 Å². The Morgan fingerprint density at radius 3 is 1.41 bits per heavy atom. The largest absolute Gasteiger partial charge is 0.481 e. The molecule has 0 aromatic rings. The number of carbonyl (C=O) groups is 4. The first kappa shape index (κ1) is 26.9. The van der Waals surface area contributed by atoms with Gasteiger partial charge in [-0.1, -0.05) is 6.42 Å². The van der Waals surface area contributed by atoms with Crippen LogP contribution >= 0.6 is 0 Å². The van der Waals surface area contributed by atoms with Gasteiger partial charge >= 0.3 is 23.9 Å². The molecular weight excluding hydrogens is 380 g/mol. The van der Waals surface area contributed by atoms with Crippen molar-refractivity contribution in [1.29, 1.82) is 0 Å². The number of rotatable bonds is 10. The SMILES string of the molecule is CC(OC(=O)C(C)(C)C)C(CCCCC(=O)O)(C(=O)O)C(C)OC(=O)C(C)(C)C. The average Bonchev–Trinajstić information content (AvgIpc) is 2.52. The standard InChI is InChI=1S/C21H36O8/c1-13(28-17(26)19(3,4)5)21(16(24)25,12-10-9-11-15(22)23)14(2)29-18(27)20(6,7)8/h13-14H,9-12H2,1-8H3,(H,22,23)(H,24,25). The van der Waals surface area contributed by atoms with Gasteiger partial charge in [0.2, 0.25) is 0 Å². The quantitative estimate of drug-likeness (QED) is 0.408. The fourth-order valence-corrected chi connectivity index (χ4v) is 2.77. The van der Waals surface area contributed by atoms with Crippen molar-refractivity contribution < 1.29 is 38.9 Å². The molecule has 0 radical (unpaired) electrons. The summed E-state index contributed by atoms with van der Waals surface area (Å²) in [4.78, 5) is 47.9. The molecule has 0 heterocycles. The second kappa shape index (κ2) is 10.1. The number of esters is 2. The van der Waals surface area contributed by atoms with E-state index in [0.29, 0.717) is 0 Å². The number of carbonyl (C=O) groups excluding carboxylic acids is 2. The van der Waals surface area contributed by atoms with Crippen LogP contribution in [0.5, 0.6) is 0 Å². The van der Waals surface area contributed by atoms with Crippen LogP contribution in [0.1, 0.15) is 81.1 Å². The van der Waals surface area contributed by atoms with Gasteiger partial charge in [0.1, 0.15) is 17.6 Å². The minimum absolute atomic E-state index is 0.00715. The van der Waals surface area contributed by atoms with Crippen molar-refractivity contribution in [2.75, 3.05) is 0 Å². The number of carboxylic acid groups (broad SMARTS) is 2. The van der Waals surface area contributed by atoms with Crippen LogP contribution in [0.15, 0.2) is 0 Å². The minimum atomic E-state index is -1.71. The fourth-order valence-electron chi connectivity index (χ4n) is 2.77. The molecule has 0 fully saturated rings. The first-order valence-corrected chi connectivity index (χ1v) is 9.83. The van der Waals surface area contributed by atoms with Gasteiger partial charge in [-0.2, -0.15) is 0 Å². The predicted molar refractivity (Wildman–Crippen MR) is 106 cm³/mol. The molecule has 0 saturated carbocycles. The average molecular weight is 417 g/mol. The molecule has 0 aromatic carbocycles. The number of aliphatic carboxylic acids is 2. The summed E-state index contributed by atoms with van der Waals surface area (Å²) in [5, 5.41) is 18.9. The van der Waals surface area contributed by atoms with Crippen molar-refractivity contribution in [3.63, 3.8) is 0 Å². The Bertz CT molecular complexity index is 575. The van der Waals surface area contributed by atoms with Crippen molar-refractivity contribution in [3.8, 4) is 0 Å². The topological polar surface area (TPSA) is 127 Å². The second-order valence-electron chi connectivity index (χ2n) is 9.54. The maximum Gasteiger partial charge on any atom is 0.317 e. The summed E-state index contributed by atoms with van der Waals surface area (Å²) in [6.07, 6.45) is -1.80. The van der Waals surface area contributed by atoms with E-state index in [0.717, 1.165) is 0 Å². The smallest absolute Gasteiger partial charge is 0.317 e. The van der Waals surface area contributed by atoms with Gasteiger partial charge in [0.05, 0.1) is 10.8 Å². The molecule has 0 bridgehead atoms. The Hall–Kier alpha value is -2.12. The molecular formula is C21H36O8. The predicted octanol–water partition coefficient (Wildman–Crippen LogP) is 3.66. The van der Waals surface area contributed by atoms with Crippen LogP contribution < -0.4 is 0 Å². The molecule has 8 nitrogen and oxygen atoms in total. The van der Waals surface area contributed by atoms with Crippen molar-refractivity contribution in [2.24, 2.45) is 16.2 Å². The van der Waals surface area contributed by atoms with Crippen molar-refractivity contribution in [2.45, 2.75) is 93.3 Å². The van der Waals surface area contributed by atoms with E-state index in [9.17, 15) is 24.3 Å². The van der Waals surface area contributed by atoms with Crippen LogP contribution in [-0.4, -0.2) is 46.3 Å². The molecule has 2 unspecified atom stereocenters. The van der Waals surface area contributed by atoms with Gasteiger partial charge in [0.15, 0.2) is 0 Å². The van der Waals surface area contributed by atoms with E-state index in [1.165, 1.54) is 13.8 Å². The highest BCUT2D eigenvalue weighted by molar-refractivity contribution is 5.80. The first-order valence-electron chi connectivity index (χ1n) is 9.83. The van der Waals surface area contributed by atoms with Crippen LogP contribution in [0.4, 0.5) is 0 Å². The molecule has 8 heteroatoms. The first-order chi connectivity index (χ1) is 13.0. The van der Waals surface area contributed by atoms with E-state index >= 15 is 0 Å². The number of hydrogen-bond acceptors (Lipinski definition) is 6. The Kier molecular flexibility index (Phi) is 9.34. The number of unbranched alkanes of at least 4 members (excludes halogenated alkanes) is 1. The summed E-state index contributed by atoms with van der Waals surface area (Å²) in [7, 11) is 0. The lowest BCUT2D eigenvalue weighted by atomic mass is 9.73. The van der Waals surface area contributed by atoms with E-state index in [-0.39, 0.29) is 25.7 Å². The van der Waals surface area contributed by atoms with Gasteiger partial charge in [-0.05, 0) is 68.2 Å². The molecule has 0 aliphatic carbocycles. The van der Waals surface area contributed by atoms with E-state index in [4.69, 9.17) is 14.6 Å². The molecule has 0 amide bonds. The highest BCUT2D eigenvalue weighted by atomic mass is 16.6. The Labute approximate surface area is 172 Å². The zero-order chi connectivity index (χ0) is 23.2. The molecule has 2 atom stereocenters. The molecule has 0 aliphatic heterocycles. The van der Waals surface area contributed by atoms with E-state index in [1.807, 2.05) is 0 Å². The third kappa shape index (κ3) is 7.66. The Morgan fingerprint density at radius 1 is 0.759 bits per heavy atom. The number of hydrogen-bond donors (Lipinski definition) is 2. The van der Waals surface area contributed by atoms with Crippen LogP contribution in [0.2, 0.25) is 0 Å². The molecule has 0 spiro atoms. The zero-order valence-corrected chi connectivity index (χ0v) is 18.8. The molecule has 168 valence electrons. The molecule has 29 heavy (non-hydrogen) atoms. The number of ether oxygens (including phenoxy) is 2. The van der Waals surface area contributed by atoms with Crippen LogP contribution in [0, 0.1) is 16.2 Å². The Morgan fingerprint density at radius 2 is 1.14 bits per heavy atom. The van der Waals surface area contributed by atoms with E-state index in [1.54, 1.807) is 41.5 Å². The van der Waals surface area contributed by atoms with Crippen LogP contribution in [0.3, 0.4) is 0 Å². The minimum Gasteiger partial charge on any atom is -0.481 e.